The summed E-state index contributed by atoms with van der Waals surface area (Å²) >= 11 is 6.56. The molecule has 0 aromatic rings. The third kappa shape index (κ3) is 1.88. The van der Waals surface area contributed by atoms with Gasteiger partial charge in [-0.2, -0.15) is 0 Å². The molecule has 1 nitrogen and oxygen atoms in total. The molecule has 16 heavy (non-hydrogen) atoms. The summed E-state index contributed by atoms with van der Waals surface area (Å²) in [6.07, 6.45) is 2.20. The molecule has 0 N–H and O–H groups in total. The number of allylic oxidation sites excluding steroid dienone is 1. The molecule has 1 fully saturated rings. The maximum atomic E-state index is 6.56. The highest BCUT2D eigenvalue weighted by atomic mass is 35.5. The van der Waals surface area contributed by atoms with Crippen molar-refractivity contribution in [1.29, 1.82) is 0 Å². The lowest BCUT2D eigenvalue weighted by Gasteiger charge is -2.36. The van der Waals surface area contributed by atoms with Crippen LogP contribution in [0.15, 0.2) is 12.3 Å². The Morgan fingerprint density at radius 2 is 1.88 bits per heavy atom. The van der Waals surface area contributed by atoms with Crippen LogP contribution in [0.5, 0.6) is 0 Å². The fourth-order valence-electron chi connectivity index (χ4n) is 2.88. The van der Waals surface area contributed by atoms with Gasteiger partial charge in [0.1, 0.15) is 0 Å². The number of hydrogen-bond donors (Lipinski definition) is 0. The highest BCUT2D eigenvalue weighted by molar-refractivity contribution is 6.27. The Morgan fingerprint density at radius 3 is 2.12 bits per heavy atom. The molecular weight excluding hydrogens is 218 g/mol. The molecule has 0 bridgehead atoms. The first-order chi connectivity index (χ1) is 7.20. The van der Waals surface area contributed by atoms with Gasteiger partial charge in [-0.05, 0) is 32.6 Å². The lowest BCUT2D eigenvalue weighted by molar-refractivity contribution is 0.237. The number of nitrogens with zero attached hydrogens (tertiary/aromatic N) is 1. The molecule has 1 aliphatic carbocycles. The van der Waals surface area contributed by atoms with E-state index in [1.165, 1.54) is 5.70 Å². The average Bonchev–Trinajstić information content (AvgIpc) is 2.80. The second-order valence-corrected chi connectivity index (χ2v) is 6.65. The molecule has 0 saturated heterocycles. The van der Waals surface area contributed by atoms with Gasteiger partial charge in [0.25, 0.3) is 0 Å². The zero-order valence-corrected chi connectivity index (χ0v) is 12.4. The van der Waals surface area contributed by atoms with E-state index in [1.54, 1.807) is 0 Å². The van der Waals surface area contributed by atoms with E-state index in [0.717, 1.165) is 12.8 Å². The van der Waals surface area contributed by atoms with Crippen LogP contribution in [0.25, 0.3) is 0 Å². The molecule has 0 radical (unpaired) electrons. The molecule has 3 unspecified atom stereocenters. The standard InChI is InChI=1S/C14H26ClN/c1-8-11(4)16(7)12(5)14(10(2)3)9-13(14,6)15/h10-11H,5,8-9H2,1-4,6-7H3. The number of hydrogen-bond acceptors (Lipinski definition) is 1. The van der Waals surface area contributed by atoms with Gasteiger partial charge >= 0.3 is 0 Å². The molecule has 94 valence electrons. The molecule has 0 aromatic carbocycles. The summed E-state index contributed by atoms with van der Waals surface area (Å²) in [4.78, 5) is 2.22. The second kappa shape index (κ2) is 4.25. The van der Waals surface area contributed by atoms with Crippen LogP contribution in [-0.4, -0.2) is 22.9 Å². The molecule has 1 saturated carbocycles. The first-order valence-corrected chi connectivity index (χ1v) is 6.69. The van der Waals surface area contributed by atoms with Crippen LogP contribution in [0.4, 0.5) is 0 Å². The molecule has 0 aromatic heterocycles. The van der Waals surface area contributed by atoms with Gasteiger partial charge in [0, 0.05) is 24.2 Å². The Hall–Kier alpha value is -0.170. The number of rotatable bonds is 5. The number of halogens is 1. The van der Waals surface area contributed by atoms with Crippen molar-refractivity contribution in [2.24, 2.45) is 11.3 Å². The van der Waals surface area contributed by atoms with E-state index in [2.05, 4.69) is 53.1 Å². The van der Waals surface area contributed by atoms with Gasteiger partial charge in [-0.1, -0.05) is 27.4 Å². The fourth-order valence-corrected chi connectivity index (χ4v) is 3.41. The summed E-state index contributed by atoms with van der Waals surface area (Å²) in [5, 5.41) is 0. The quantitative estimate of drug-likeness (QED) is 0.652. The van der Waals surface area contributed by atoms with Crippen molar-refractivity contribution in [1.82, 2.24) is 4.90 Å². The average molecular weight is 244 g/mol. The lowest BCUT2D eigenvalue weighted by atomic mass is 9.86. The van der Waals surface area contributed by atoms with Crippen LogP contribution in [-0.2, 0) is 0 Å². The third-order valence-electron chi connectivity index (χ3n) is 4.59. The minimum atomic E-state index is -0.0973. The Labute approximate surface area is 106 Å². The summed E-state index contributed by atoms with van der Waals surface area (Å²) < 4.78 is 0. The summed E-state index contributed by atoms with van der Waals surface area (Å²) in [6.45, 7) is 15.4. The largest absolute Gasteiger partial charge is 0.375 e. The van der Waals surface area contributed by atoms with Gasteiger partial charge in [0.15, 0.2) is 0 Å². The first kappa shape index (κ1) is 13.9. The van der Waals surface area contributed by atoms with Gasteiger partial charge in [0.2, 0.25) is 0 Å². The van der Waals surface area contributed by atoms with Crippen molar-refractivity contribution in [3.8, 4) is 0 Å². The smallest absolute Gasteiger partial charge is 0.0541 e. The molecular formula is C14H26ClN. The fraction of sp³-hybridized carbons (Fsp3) is 0.857. The van der Waals surface area contributed by atoms with Crippen molar-refractivity contribution in [2.45, 2.75) is 58.4 Å². The predicted octanol–water partition coefficient (Wildman–Crippen LogP) is 4.27. The minimum absolute atomic E-state index is 0.0973. The lowest BCUT2D eigenvalue weighted by Crippen LogP contribution is -2.35. The highest BCUT2D eigenvalue weighted by Crippen LogP contribution is 2.69. The van der Waals surface area contributed by atoms with Crippen LogP contribution in [0.3, 0.4) is 0 Å². The number of alkyl halides is 1. The van der Waals surface area contributed by atoms with Crippen LogP contribution in [0, 0.1) is 11.3 Å². The Balaban J connectivity index is 2.88. The minimum Gasteiger partial charge on any atom is -0.375 e. The topological polar surface area (TPSA) is 3.24 Å². The van der Waals surface area contributed by atoms with Gasteiger partial charge in [-0.15, -0.1) is 11.6 Å². The monoisotopic (exact) mass is 243 g/mol. The van der Waals surface area contributed by atoms with Crippen LogP contribution in [0.1, 0.15) is 47.5 Å². The molecule has 3 atom stereocenters. The highest BCUT2D eigenvalue weighted by Gasteiger charge is 2.67. The zero-order chi connectivity index (χ0) is 12.7. The normalized spacial score (nSPS) is 35.0. The predicted molar refractivity (Wildman–Crippen MR) is 72.8 cm³/mol. The molecule has 2 heteroatoms. The van der Waals surface area contributed by atoms with E-state index in [-0.39, 0.29) is 10.3 Å². The summed E-state index contributed by atoms with van der Waals surface area (Å²) in [5.41, 5.74) is 1.32. The van der Waals surface area contributed by atoms with Gasteiger partial charge in [-0.3, -0.25) is 0 Å². The summed E-state index contributed by atoms with van der Waals surface area (Å²) in [6, 6.07) is 0.538. The Bertz CT molecular complexity index is 282. The van der Waals surface area contributed by atoms with Crippen molar-refractivity contribution < 1.29 is 0 Å². The van der Waals surface area contributed by atoms with Crippen molar-refractivity contribution in [2.75, 3.05) is 7.05 Å². The molecule has 1 aliphatic rings. The Kier molecular flexibility index (Phi) is 3.69. The molecule has 0 aliphatic heterocycles. The third-order valence-corrected chi connectivity index (χ3v) is 5.07. The van der Waals surface area contributed by atoms with E-state index in [9.17, 15) is 0 Å². The van der Waals surface area contributed by atoms with Crippen molar-refractivity contribution >= 4 is 11.6 Å². The molecule has 0 heterocycles. The van der Waals surface area contributed by atoms with E-state index in [0.29, 0.717) is 12.0 Å². The zero-order valence-electron chi connectivity index (χ0n) is 11.6. The Morgan fingerprint density at radius 1 is 1.44 bits per heavy atom. The molecule has 0 amide bonds. The van der Waals surface area contributed by atoms with Crippen LogP contribution >= 0.6 is 11.6 Å². The summed E-state index contributed by atoms with van der Waals surface area (Å²) in [5.74, 6) is 0.550. The van der Waals surface area contributed by atoms with E-state index < -0.39 is 0 Å². The second-order valence-electron chi connectivity index (χ2n) is 5.82. The van der Waals surface area contributed by atoms with Crippen LogP contribution < -0.4 is 0 Å². The molecule has 0 spiro atoms. The van der Waals surface area contributed by atoms with E-state index >= 15 is 0 Å². The van der Waals surface area contributed by atoms with E-state index in [4.69, 9.17) is 11.6 Å². The maximum Gasteiger partial charge on any atom is 0.0541 e. The van der Waals surface area contributed by atoms with Gasteiger partial charge < -0.3 is 4.90 Å². The van der Waals surface area contributed by atoms with Gasteiger partial charge in [0.05, 0.1) is 4.87 Å². The summed E-state index contributed by atoms with van der Waals surface area (Å²) in [7, 11) is 2.14. The first-order valence-electron chi connectivity index (χ1n) is 6.31. The van der Waals surface area contributed by atoms with Crippen LogP contribution in [0.2, 0.25) is 0 Å². The maximum absolute atomic E-state index is 6.56. The van der Waals surface area contributed by atoms with E-state index in [1.807, 2.05) is 0 Å². The molecule has 1 rings (SSSR count). The SMILES string of the molecule is C=C(N(C)C(C)CC)C1(C(C)C)CC1(C)Cl. The van der Waals surface area contributed by atoms with Crippen molar-refractivity contribution in [3.05, 3.63) is 12.3 Å². The van der Waals surface area contributed by atoms with Crippen molar-refractivity contribution in [3.63, 3.8) is 0 Å². The van der Waals surface area contributed by atoms with Gasteiger partial charge in [-0.25, -0.2) is 0 Å².